The Bertz CT molecular complexity index is 951. The molecular formula is C20H23N3O2S2. The maximum Gasteiger partial charge on any atom is 0.260 e. The molecule has 0 aliphatic heterocycles. The average Bonchev–Trinajstić information content (AvgIpc) is 3.11. The fourth-order valence-corrected chi connectivity index (χ4v) is 4.47. The Kier molecular flexibility index (Phi) is 7.06. The number of aromatic amines is 1. The monoisotopic (exact) mass is 401 g/mol. The molecule has 0 saturated heterocycles. The van der Waals surface area contributed by atoms with E-state index in [2.05, 4.69) is 22.2 Å². The van der Waals surface area contributed by atoms with Gasteiger partial charge in [-0.25, -0.2) is 4.98 Å². The van der Waals surface area contributed by atoms with Crippen LogP contribution in [-0.2, 0) is 10.5 Å². The lowest BCUT2D eigenvalue weighted by Gasteiger charge is -2.05. The fraction of sp³-hybridized carbons (Fsp3) is 0.350. The number of nitrogens with zero attached hydrogens (tertiary/aromatic N) is 1. The van der Waals surface area contributed by atoms with Gasteiger partial charge in [0.15, 0.2) is 0 Å². The topological polar surface area (TPSA) is 74.8 Å². The van der Waals surface area contributed by atoms with Crippen molar-refractivity contribution in [3.8, 4) is 11.1 Å². The number of hydrogen-bond donors (Lipinski definition) is 2. The third-order valence-corrected chi connectivity index (χ3v) is 5.97. The zero-order valence-electron chi connectivity index (χ0n) is 15.3. The minimum Gasteiger partial charge on any atom is -0.355 e. The van der Waals surface area contributed by atoms with E-state index in [4.69, 9.17) is 0 Å². The van der Waals surface area contributed by atoms with Crippen LogP contribution in [0.2, 0.25) is 0 Å². The number of thiophene rings is 1. The van der Waals surface area contributed by atoms with Gasteiger partial charge in [0.2, 0.25) is 5.91 Å². The van der Waals surface area contributed by atoms with E-state index in [1.165, 1.54) is 23.1 Å². The second kappa shape index (κ2) is 9.71. The van der Waals surface area contributed by atoms with Crippen LogP contribution >= 0.6 is 23.1 Å². The Hall–Kier alpha value is -2.12. The highest BCUT2D eigenvalue weighted by molar-refractivity contribution is 7.99. The maximum absolute atomic E-state index is 12.6. The molecule has 3 aromatic rings. The Morgan fingerprint density at radius 2 is 2.07 bits per heavy atom. The number of carbonyl (C=O) groups is 1. The summed E-state index contributed by atoms with van der Waals surface area (Å²) in [6.07, 6.45) is 3.28. The third kappa shape index (κ3) is 5.20. The van der Waals surface area contributed by atoms with Gasteiger partial charge in [0, 0.05) is 17.5 Å². The van der Waals surface area contributed by atoms with Crippen LogP contribution < -0.4 is 10.9 Å². The van der Waals surface area contributed by atoms with Crippen molar-refractivity contribution < 1.29 is 4.79 Å². The lowest BCUT2D eigenvalue weighted by molar-refractivity contribution is -0.118. The molecule has 0 spiro atoms. The van der Waals surface area contributed by atoms with E-state index in [0.29, 0.717) is 22.7 Å². The molecule has 0 atom stereocenters. The molecule has 27 heavy (non-hydrogen) atoms. The van der Waals surface area contributed by atoms with Crippen LogP contribution in [0.15, 0.2) is 40.5 Å². The Morgan fingerprint density at radius 1 is 1.26 bits per heavy atom. The standard InChI is InChI=1S/C20H23N3O2S2/c1-2-3-7-10-21-17(24)13-26-12-16-22-19(25)18-15(11-27-20(18)23-16)14-8-5-4-6-9-14/h4-6,8-9,11H,2-3,7,10,12-13H2,1H3,(H,21,24)(H,22,23,25). The van der Waals surface area contributed by atoms with E-state index >= 15 is 0 Å². The van der Waals surface area contributed by atoms with Gasteiger partial charge in [-0.3, -0.25) is 9.59 Å². The van der Waals surface area contributed by atoms with Crippen LogP contribution in [0.5, 0.6) is 0 Å². The minimum atomic E-state index is -0.125. The van der Waals surface area contributed by atoms with Crippen molar-refractivity contribution in [1.29, 1.82) is 0 Å². The number of thioether (sulfide) groups is 1. The van der Waals surface area contributed by atoms with Crippen molar-refractivity contribution in [2.45, 2.75) is 31.9 Å². The summed E-state index contributed by atoms with van der Waals surface area (Å²) in [6, 6.07) is 9.85. The second-order valence-electron chi connectivity index (χ2n) is 6.26. The van der Waals surface area contributed by atoms with Gasteiger partial charge in [0.05, 0.1) is 16.9 Å². The SMILES string of the molecule is CCCCCNC(=O)CSCc1nc2scc(-c3ccccc3)c2c(=O)[nH]1. The maximum atomic E-state index is 12.6. The molecule has 142 valence electrons. The molecule has 0 aliphatic carbocycles. The summed E-state index contributed by atoms with van der Waals surface area (Å²) in [5.74, 6) is 1.51. The molecular weight excluding hydrogens is 378 g/mol. The van der Waals surface area contributed by atoms with Crippen LogP contribution in [0, 0.1) is 0 Å². The first kappa shape index (κ1) is 19.6. The van der Waals surface area contributed by atoms with E-state index in [0.717, 1.165) is 41.8 Å². The average molecular weight is 402 g/mol. The van der Waals surface area contributed by atoms with Crippen molar-refractivity contribution in [3.05, 3.63) is 51.9 Å². The number of aromatic nitrogens is 2. The Balaban J connectivity index is 1.62. The summed E-state index contributed by atoms with van der Waals surface area (Å²) >= 11 is 2.93. The third-order valence-electron chi connectivity index (χ3n) is 4.15. The summed E-state index contributed by atoms with van der Waals surface area (Å²) in [7, 11) is 0. The molecule has 0 aliphatic rings. The van der Waals surface area contributed by atoms with Gasteiger partial charge in [0.1, 0.15) is 10.7 Å². The highest BCUT2D eigenvalue weighted by Gasteiger charge is 2.13. The van der Waals surface area contributed by atoms with Gasteiger partial charge in [-0.05, 0) is 12.0 Å². The molecule has 0 saturated carbocycles. The molecule has 5 nitrogen and oxygen atoms in total. The van der Waals surface area contributed by atoms with Crippen molar-refractivity contribution in [1.82, 2.24) is 15.3 Å². The van der Waals surface area contributed by atoms with Crippen molar-refractivity contribution in [3.63, 3.8) is 0 Å². The molecule has 1 aromatic carbocycles. The summed E-state index contributed by atoms with van der Waals surface area (Å²) in [4.78, 5) is 32.6. The highest BCUT2D eigenvalue weighted by atomic mass is 32.2. The fourth-order valence-electron chi connectivity index (χ4n) is 2.79. The second-order valence-corrected chi connectivity index (χ2v) is 8.10. The zero-order valence-corrected chi connectivity index (χ0v) is 16.9. The van der Waals surface area contributed by atoms with E-state index < -0.39 is 0 Å². The van der Waals surface area contributed by atoms with Crippen LogP contribution in [0.4, 0.5) is 0 Å². The lowest BCUT2D eigenvalue weighted by atomic mass is 10.1. The highest BCUT2D eigenvalue weighted by Crippen LogP contribution is 2.30. The van der Waals surface area contributed by atoms with Gasteiger partial charge in [-0.1, -0.05) is 50.1 Å². The Morgan fingerprint density at radius 3 is 2.85 bits per heavy atom. The van der Waals surface area contributed by atoms with Gasteiger partial charge in [-0.15, -0.1) is 23.1 Å². The summed E-state index contributed by atoms with van der Waals surface area (Å²) in [5, 5.41) is 5.52. The minimum absolute atomic E-state index is 0.0296. The smallest absolute Gasteiger partial charge is 0.260 e. The molecule has 0 unspecified atom stereocenters. The van der Waals surface area contributed by atoms with Crippen molar-refractivity contribution in [2.75, 3.05) is 12.3 Å². The number of rotatable bonds is 9. The molecule has 0 radical (unpaired) electrons. The number of carbonyl (C=O) groups excluding carboxylic acids is 1. The molecule has 2 N–H and O–H groups in total. The molecule has 0 bridgehead atoms. The predicted molar refractivity (Wildman–Crippen MR) is 114 cm³/mol. The lowest BCUT2D eigenvalue weighted by Crippen LogP contribution is -2.26. The Labute approximate surface area is 166 Å². The number of benzene rings is 1. The number of H-pyrrole nitrogens is 1. The van der Waals surface area contributed by atoms with Crippen molar-refractivity contribution >= 4 is 39.2 Å². The zero-order chi connectivity index (χ0) is 19.1. The predicted octanol–water partition coefficient (Wildman–Crippen LogP) is 4.19. The molecule has 2 aromatic heterocycles. The van der Waals surface area contributed by atoms with Crippen LogP contribution in [0.1, 0.15) is 32.0 Å². The van der Waals surface area contributed by atoms with Crippen LogP contribution in [0.25, 0.3) is 21.3 Å². The quantitative estimate of drug-likeness (QED) is 0.527. The summed E-state index contributed by atoms with van der Waals surface area (Å²) in [5.41, 5.74) is 1.80. The number of nitrogens with one attached hydrogen (secondary N) is 2. The summed E-state index contributed by atoms with van der Waals surface area (Å²) in [6.45, 7) is 2.87. The number of amides is 1. The van der Waals surface area contributed by atoms with E-state index in [1.807, 2.05) is 35.7 Å². The molecule has 1 amide bonds. The first-order valence-electron chi connectivity index (χ1n) is 9.09. The van der Waals surface area contributed by atoms with Gasteiger partial charge in [0.25, 0.3) is 5.56 Å². The van der Waals surface area contributed by atoms with E-state index in [-0.39, 0.29) is 11.5 Å². The largest absolute Gasteiger partial charge is 0.355 e. The van der Waals surface area contributed by atoms with E-state index in [1.54, 1.807) is 0 Å². The number of fused-ring (bicyclic) bond motifs is 1. The van der Waals surface area contributed by atoms with E-state index in [9.17, 15) is 9.59 Å². The molecule has 2 heterocycles. The molecule has 3 rings (SSSR count). The van der Waals surface area contributed by atoms with Crippen LogP contribution in [0.3, 0.4) is 0 Å². The normalized spacial score (nSPS) is 11.0. The first-order valence-corrected chi connectivity index (χ1v) is 11.1. The summed E-state index contributed by atoms with van der Waals surface area (Å²) < 4.78 is 0. The number of unbranched alkanes of at least 4 members (excludes halogenated alkanes) is 2. The first-order chi connectivity index (χ1) is 13.2. The number of hydrogen-bond acceptors (Lipinski definition) is 5. The van der Waals surface area contributed by atoms with Crippen molar-refractivity contribution in [2.24, 2.45) is 0 Å². The van der Waals surface area contributed by atoms with Gasteiger partial charge >= 0.3 is 0 Å². The molecule has 7 heteroatoms. The van der Waals surface area contributed by atoms with Crippen LogP contribution in [-0.4, -0.2) is 28.2 Å². The van der Waals surface area contributed by atoms with Gasteiger partial charge < -0.3 is 10.3 Å². The molecule has 0 fully saturated rings. The van der Waals surface area contributed by atoms with Gasteiger partial charge in [-0.2, -0.15) is 0 Å².